The van der Waals surface area contributed by atoms with Crippen LogP contribution in [0.4, 0.5) is 0 Å². The quantitative estimate of drug-likeness (QED) is 0.856. The van der Waals surface area contributed by atoms with E-state index >= 15 is 0 Å². The fraction of sp³-hybridized carbons (Fsp3) is 0.500. The second-order valence-electron chi connectivity index (χ2n) is 4.93. The van der Waals surface area contributed by atoms with E-state index in [1.54, 1.807) is 0 Å². The third-order valence-corrected chi connectivity index (χ3v) is 3.07. The van der Waals surface area contributed by atoms with Gasteiger partial charge < -0.3 is 0 Å². The molecule has 0 radical (unpaired) electrons. The Labute approximate surface area is 95.7 Å². The van der Waals surface area contributed by atoms with Gasteiger partial charge in [0, 0.05) is 30.0 Å². The summed E-state index contributed by atoms with van der Waals surface area (Å²) in [7, 11) is 1.98. The minimum Gasteiger partial charge on any atom is -0.282 e. The molecule has 2 aromatic heterocycles. The Morgan fingerprint density at radius 2 is 2.19 bits per heavy atom. The first-order valence-electron chi connectivity index (χ1n) is 5.48. The van der Waals surface area contributed by atoms with Crippen LogP contribution < -0.4 is 0 Å². The maximum atomic E-state index is 4.23. The monoisotopic (exact) mass is 218 g/mol. The normalized spacial score (nSPS) is 12.0. The number of nitrogens with one attached hydrogen (secondary N) is 1. The molecule has 1 N–H and O–H groups in total. The molecule has 16 heavy (non-hydrogen) atoms. The van der Waals surface area contributed by atoms with Crippen LogP contribution in [0, 0.1) is 6.92 Å². The molecule has 86 valence electrons. The van der Waals surface area contributed by atoms with E-state index in [2.05, 4.69) is 42.1 Å². The van der Waals surface area contributed by atoms with Crippen molar-refractivity contribution in [1.82, 2.24) is 20.0 Å². The first kappa shape index (κ1) is 10.9. The largest absolute Gasteiger partial charge is 0.282 e. The van der Waals surface area contributed by atoms with Crippen molar-refractivity contribution >= 4 is 0 Å². The molecule has 0 bridgehead atoms. The lowest BCUT2D eigenvalue weighted by atomic mass is 9.83. The predicted octanol–water partition coefficient (Wildman–Crippen LogP) is 1.97. The highest BCUT2D eigenvalue weighted by Gasteiger charge is 2.25. The van der Waals surface area contributed by atoms with Crippen molar-refractivity contribution < 1.29 is 0 Å². The van der Waals surface area contributed by atoms with Crippen molar-refractivity contribution in [3.63, 3.8) is 0 Å². The third kappa shape index (κ3) is 1.87. The van der Waals surface area contributed by atoms with Crippen LogP contribution in [0.15, 0.2) is 18.5 Å². The average molecular weight is 218 g/mol. The molecule has 0 spiro atoms. The van der Waals surface area contributed by atoms with E-state index < -0.39 is 0 Å². The van der Waals surface area contributed by atoms with E-state index in [-0.39, 0.29) is 5.41 Å². The number of hydrogen-bond acceptors (Lipinski definition) is 2. The molecule has 0 aliphatic rings. The van der Waals surface area contributed by atoms with Gasteiger partial charge in [0.05, 0.1) is 6.20 Å². The van der Waals surface area contributed by atoms with Gasteiger partial charge >= 0.3 is 0 Å². The van der Waals surface area contributed by atoms with Crippen molar-refractivity contribution in [2.75, 3.05) is 0 Å². The Morgan fingerprint density at radius 3 is 2.69 bits per heavy atom. The Kier molecular flexibility index (Phi) is 2.58. The number of rotatable bonds is 3. The Balaban J connectivity index is 2.27. The number of aromatic amines is 1. The summed E-state index contributed by atoms with van der Waals surface area (Å²) in [5.74, 6) is 0. The Hall–Kier alpha value is -1.58. The zero-order valence-electron chi connectivity index (χ0n) is 10.3. The highest BCUT2D eigenvalue weighted by Crippen LogP contribution is 2.27. The average Bonchev–Trinajstić information content (AvgIpc) is 2.76. The second-order valence-corrected chi connectivity index (χ2v) is 4.93. The topological polar surface area (TPSA) is 46.5 Å². The molecule has 0 amide bonds. The SMILES string of the molecule is Cc1cn[nH]c1CC(C)(C)c1ccnn1C. The lowest BCUT2D eigenvalue weighted by Gasteiger charge is -2.24. The lowest BCUT2D eigenvalue weighted by Crippen LogP contribution is -2.24. The van der Waals surface area contributed by atoms with E-state index in [1.807, 2.05) is 24.1 Å². The lowest BCUT2D eigenvalue weighted by molar-refractivity contribution is 0.467. The summed E-state index contributed by atoms with van der Waals surface area (Å²) in [5, 5.41) is 11.4. The molecule has 0 aliphatic carbocycles. The molecule has 0 aliphatic heterocycles. The molecule has 0 saturated heterocycles. The molecule has 2 aromatic rings. The van der Waals surface area contributed by atoms with Crippen LogP contribution in [0.3, 0.4) is 0 Å². The van der Waals surface area contributed by atoms with Gasteiger partial charge in [-0.2, -0.15) is 10.2 Å². The Bertz CT molecular complexity index is 479. The number of aryl methyl sites for hydroxylation is 2. The van der Waals surface area contributed by atoms with Crippen LogP contribution >= 0.6 is 0 Å². The minimum atomic E-state index is 0.0581. The maximum absolute atomic E-state index is 4.23. The number of aromatic nitrogens is 4. The molecular weight excluding hydrogens is 200 g/mol. The van der Waals surface area contributed by atoms with Crippen LogP contribution in [-0.2, 0) is 18.9 Å². The van der Waals surface area contributed by atoms with Gasteiger partial charge in [-0.05, 0) is 25.0 Å². The van der Waals surface area contributed by atoms with E-state index in [0.717, 1.165) is 6.42 Å². The summed E-state index contributed by atoms with van der Waals surface area (Å²) < 4.78 is 1.94. The first-order chi connectivity index (χ1) is 7.50. The van der Waals surface area contributed by atoms with Gasteiger partial charge in [0.25, 0.3) is 0 Å². The molecule has 0 fully saturated rings. The fourth-order valence-electron chi connectivity index (χ4n) is 2.12. The van der Waals surface area contributed by atoms with Crippen molar-refractivity contribution in [2.24, 2.45) is 7.05 Å². The van der Waals surface area contributed by atoms with Crippen LogP contribution in [0.5, 0.6) is 0 Å². The van der Waals surface area contributed by atoms with Crippen molar-refractivity contribution in [1.29, 1.82) is 0 Å². The summed E-state index contributed by atoms with van der Waals surface area (Å²) >= 11 is 0. The molecule has 2 rings (SSSR count). The smallest absolute Gasteiger partial charge is 0.0519 e. The number of H-pyrrole nitrogens is 1. The molecule has 0 unspecified atom stereocenters. The summed E-state index contributed by atoms with van der Waals surface area (Å²) in [6.45, 7) is 6.53. The summed E-state index contributed by atoms with van der Waals surface area (Å²) in [5.41, 5.74) is 3.71. The van der Waals surface area contributed by atoms with Crippen LogP contribution in [0.1, 0.15) is 30.8 Å². The molecule has 0 saturated carbocycles. The van der Waals surface area contributed by atoms with Crippen LogP contribution in [-0.4, -0.2) is 20.0 Å². The zero-order valence-corrected chi connectivity index (χ0v) is 10.3. The van der Waals surface area contributed by atoms with E-state index in [1.165, 1.54) is 17.0 Å². The molecule has 0 aromatic carbocycles. The van der Waals surface area contributed by atoms with E-state index in [9.17, 15) is 0 Å². The van der Waals surface area contributed by atoms with Crippen molar-refractivity contribution in [3.05, 3.63) is 35.4 Å². The molecule has 4 nitrogen and oxygen atoms in total. The maximum Gasteiger partial charge on any atom is 0.0519 e. The molecule has 2 heterocycles. The van der Waals surface area contributed by atoms with Crippen LogP contribution in [0.2, 0.25) is 0 Å². The summed E-state index contributed by atoms with van der Waals surface area (Å²) in [6.07, 6.45) is 4.66. The van der Waals surface area contributed by atoms with E-state index in [0.29, 0.717) is 0 Å². The van der Waals surface area contributed by atoms with Gasteiger partial charge in [0.15, 0.2) is 0 Å². The van der Waals surface area contributed by atoms with Gasteiger partial charge in [-0.3, -0.25) is 9.78 Å². The third-order valence-electron chi connectivity index (χ3n) is 3.07. The summed E-state index contributed by atoms with van der Waals surface area (Å²) in [6, 6.07) is 2.08. The van der Waals surface area contributed by atoms with Gasteiger partial charge in [-0.1, -0.05) is 13.8 Å². The molecule has 0 atom stereocenters. The van der Waals surface area contributed by atoms with Crippen molar-refractivity contribution in [2.45, 2.75) is 32.6 Å². The second kappa shape index (κ2) is 3.77. The highest BCUT2D eigenvalue weighted by atomic mass is 15.3. The minimum absolute atomic E-state index is 0.0581. The number of hydrogen-bond donors (Lipinski definition) is 1. The standard InChI is InChI=1S/C12H18N4/c1-9-8-13-15-10(9)7-12(2,3)11-5-6-14-16(11)4/h5-6,8H,7H2,1-4H3,(H,13,15). The van der Waals surface area contributed by atoms with Gasteiger partial charge in [-0.25, -0.2) is 0 Å². The predicted molar refractivity (Wildman–Crippen MR) is 63.3 cm³/mol. The fourth-order valence-corrected chi connectivity index (χ4v) is 2.12. The van der Waals surface area contributed by atoms with Gasteiger partial charge in [0.2, 0.25) is 0 Å². The van der Waals surface area contributed by atoms with Crippen LogP contribution in [0.25, 0.3) is 0 Å². The van der Waals surface area contributed by atoms with Gasteiger partial charge in [0.1, 0.15) is 0 Å². The Morgan fingerprint density at radius 1 is 1.44 bits per heavy atom. The first-order valence-corrected chi connectivity index (χ1v) is 5.48. The highest BCUT2D eigenvalue weighted by molar-refractivity contribution is 5.22. The number of nitrogens with zero attached hydrogens (tertiary/aromatic N) is 3. The molecular formula is C12H18N4. The van der Waals surface area contributed by atoms with Gasteiger partial charge in [-0.15, -0.1) is 0 Å². The summed E-state index contributed by atoms with van der Waals surface area (Å²) in [4.78, 5) is 0. The van der Waals surface area contributed by atoms with E-state index in [4.69, 9.17) is 0 Å². The molecule has 4 heteroatoms. The zero-order chi connectivity index (χ0) is 11.8. The van der Waals surface area contributed by atoms with Crippen molar-refractivity contribution in [3.8, 4) is 0 Å².